The molecule has 3 rings (SSSR count). The topological polar surface area (TPSA) is 88.0 Å². The van der Waals surface area contributed by atoms with Crippen LogP contribution >= 0.6 is 31.9 Å². The number of fused-ring (bicyclic) bond motifs is 3. The molecule has 1 heterocycles. The van der Waals surface area contributed by atoms with E-state index in [0.29, 0.717) is 24.4 Å². The Morgan fingerprint density at radius 1 is 1.36 bits per heavy atom. The van der Waals surface area contributed by atoms with E-state index in [0.717, 1.165) is 52.1 Å². The summed E-state index contributed by atoms with van der Waals surface area (Å²) in [4.78, 5) is 26.9. The first-order valence-corrected chi connectivity index (χ1v) is 10.4. The average molecular weight is 471 g/mol. The van der Waals surface area contributed by atoms with Gasteiger partial charge in [0.25, 0.3) is 5.91 Å². The molecule has 0 saturated heterocycles. The Kier molecular flexibility index (Phi) is 5.84. The van der Waals surface area contributed by atoms with Crippen LogP contribution in [0, 0.1) is 5.92 Å². The molecular weight excluding hydrogens is 450 g/mol. The lowest BCUT2D eigenvalue weighted by Crippen LogP contribution is -2.31. The number of aromatic amines is 1. The number of primary amides is 1. The molecule has 2 amide bonds. The van der Waals surface area contributed by atoms with E-state index in [2.05, 4.69) is 42.2 Å². The predicted octanol–water partition coefficient (Wildman–Crippen LogP) is 3.43. The van der Waals surface area contributed by atoms with Gasteiger partial charge in [0.1, 0.15) is 0 Å². The van der Waals surface area contributed by atoms with Crippen LogP contribution in [0.3, 0.4) is 0 Å². The van der Waals surface area contributed by atoms with Gasteiger partial charge in [-0.05, 0) is 49.3 Å². The van der Waals surface area contributed by atoms with Gasteiger partial charge >= 0.3 is 0 Å². The first-order chi connectivity index (χ1) is 12.0. The van der Waals surface area contributed by atoms with E-state index >= 15 is 0 Å². The smallest absolute Gasteiger partial charge is 0.250 e. The first kappa shape index (κ1) is 18.5. The third kappa shape index (κ3) is 3.92. The van der Waals surface area contributed by atoms with Crippen LogP contribution in [0.25, 0.3) is 10.9 Å². The van der Waals surface area contributed by atoms with Gasteiger partial charge in [0, 0.05) is 33.8 Å². The maximum Gasteiger partial charge on any atom is 0.250 e. The zero-order chi connectivity index (χ0) is 18.0. The Morgan fingerprint density at radius 2 is 2.16 bits per heavy atom. The summed E-state index contributed by atoms with van der Waals surface area (Å²) in [6.45, 7) is 0.694. The third-order valence-corrected chi connectivity index (χ3v) is 6.00. The van der Waals surface area contributed by atoms with Crippen molar-refractivity contribution in [1.82, 2.24) is 10.3 Å². The highest BCUT2D eigenvalue weighted by atomic mass is 79.9. The summed E-state index contributed by atoms with van der Waals surface area (Å²) in [5.74, 6) is 0.0941. The van der Waals surface area contributed by atoms with Gasteiger partial charge < -0.3 is 16.0 Å². The van der Waals surface area contributed by atoms with Crippen LogP contribution in [-0.2, 0) is 17.6 Å². The fourth-order valence-electron chi connectivity index (χ4n) is 3.52. The number of H-pyrrole nitrogens is 1. The highest BCUT2D eigenvalue weighted by Crippen LogP contribution is 2.36. The minimum absolute atomic E-state index is 0.112. The quantitative estimate of drug-likeness (QED) is 0.564. The second kappa shape index (κ2) is 7.91. The SMILES string of the molecule is NC(=O)c1ccc(Br)c2c3c([nH]c12)CC(CNC(=O)CCCBr)CC3. The fourth-order valence-corrected chi connectivity index (χ4v) is 4.37. The minimum Gasteiger partial charge on any atom is -0.366 e. The van der Waals surface area contributed by atoms with Crippen molar-refractivity contribution in [2.45, 2.75) is 32.1 Å². The molecule has 0 radical (unpaired) electrons. The van der Waals surface area contributed by atoms with Crippen molar-refractivity contribution in [1.29, 1.82) is 0 Å². The normalized spacial score (nSPS) is 16.6. The Balaban J connectivity index is 1.78. The van der Waals surface area contributed by atoms with Crippen molar-refractivity contribution in [3.63, 3.8) is 0 Å². The highest BCUT2D eigenvalue weighted by Gasteiger charge is 2.25. The molecule has 134 valence electrons. The van der Waals surface area contributed by atoms with Crippen molar-refractivity contribution in [2.75, 3.05) is 11.9 Å². The number of halogens is 2. The van der Waals surface area contributed by atoms with E-state index in [1.807, 2.05) is 6.07 Å². The van der Waals surface area contributed by atoms with Crippen LogP contribution in [0.1, 0.15) is 40.9 Å². The van der Waals surface area contributed by atoms with Gasteiger partial charge in [0.2, 0.25) is 5.91 Å². The number of hydrogen-bond donors (Lipinski definition) is 3. The highest BCUT2D eigenvalue weighted by molar-refractivity contribution is 9.10. The second-order valence-corrected chi connectivity index (χ2v) is 8.14. The number of hydrogen-bond acceptors (Lipinski definition) is 2. The van der Waals surface area contributed by atoms with Crippen LogP contribution in [0.15, 0.2) is 16.6 Å². The Morgan fingerprint density at radius 3 is 2.88 bits per heavy atom. The molecule has 1 aliphatic carbocycles. The van der Waals surface area contributed by atoms with E-state index < -0.39 is 5.91 Å². The lowest BCUT2D eigenvalue weighted by molar-refractivity contribution is -0.121. The number of nitrogens with one attached hydrogen (secondary N) is 2. The molecule has 0 saturated carbocycles. The molecule has 1 aromatic heterocycles. The molecule has 0 fully saturated rings. The molecule has 2 aromatic rings. The third-order valence-electron chi connectivity index (χ3n) is 4.78. The van der Waals surface area contributed by atoms with Crippen molar-refractivity contribution < 1.29 is 9.59 Å². The van der Waals surface area contributed by atoms with Crippen LogP contribution in [0.4, 0.5) is 0 Å². The lowest BCUT2D eigenvalue weighted by atomic mass is 9.86. The maximum atomic E-state index is 11.8. The summed E-state index contributed by atoms with van der Waals surface area (Å²) < 4.78 is 0.978. The van der Waals surface area contributed by atoms with Gasteiger partial charge in [-0.2, -0.15) is 0 Å². The zero-order valence-electron chi connectivity index (χ0n) is 13.8. The minimum atomic E-state index is -0.424. The molecular formula is C18H21Br2N3O2. The summed E-state index contributed by atoms with van der Waals surface area (Å²) in [6, 6.07) is 3.63. The maximum absolute atomic E-state index is 11.8. The summed E-state index contributed by atoms with van der Waals surface area (Å²) in [6.07, 6.45) is 4.23. The van der Waals surface area contributed by atoms with Gasteiger partial charge in [-0.25, -0.2) is 0 Å². The first-order valence-electron chi connectivity index (χ1n) is 8.45. The van der Waals surface area contributed by atoms with Gasteiger partial charge in [0.15, 0.2) is 0 Å². The summed E-state index contributed by atoms with van der Waals surface area (Å²) in [5, 5.41) is 4.94. The Labute approximate surface area is 163 Å². The molecule has 1 aromatic carbocycles. The number of alkyl halides is 1. The molecule has 0 aliphatic heterocycles. The zero-order valence-corrected chi connectivity index (χ0v) is 17.0. The summed E-state index contributed by atoms with van der Waals surface area (Å²) in [7, 11) is 0. The van der Waals surface area contributed by atoms with Crippen molar-refractivity contribution in [2.24, 2.45) is 11.7 Å². The largest absolute Gasteiger partial charge is 0.366 e. The van der Waals surface area contributed by atoms with Crippen LogP contribution in [0.2, 0.25) is 0 Å². The Bertz CT molecular complexity index is 816. The monoisotopic (exact) mass is 469 g/mol. The molecule has 4 N–H and O–H groups in total. The standard InChI is InChI=1S/C18H21Br2N3O2/c19-7-1-2-15(24)22-9-10-3-4-11-14(8-10)23-17-12(18(21)25)5-6-13(20)16(11)17/h5-6,10,23H,1-4,7-9H2,(H2,21,25)(H,22,24). The van der Waals surface area contributed by atoms with Crippen LogP contribution in [0.5, 0.6) is 0 Å². The lowest BCUT2D eigenvalue weighted by Gasteiger charge is -2.22. The van der Waals surface area contributed by atoms with Gasteiger partial charge in [0.05, 0.1) is 11.1 Å². The van der Waals surface area contributed by atoms with Crippen molar-refractivity contribution in [3.8, 4) is 0 Å². The number of carbonyl (C=O) groups excluding carboxylic acids is 2. The molecule has 0 bridgehead atoms. The fraction of sp³-hybridized carbons (Fsp3) is 0.444. The van der Waals surface area contributed by atoms with E-state index in [-0.39, 0.29) is 5.91 Å². The second-order valence-electron chi connectivity index (χ2n) is 6.50. The molecule has 0 spiro atoms. The predicted molar refractivity (Wildman–Crippen MR) is 106 cm³/mol. The number of nitrogens with two attached hydrogens (primary N) is 1. The van der Waals surface area contributed by atoms with Gasteiger partial charge in [-0.1, -0.05) is 31.9 Å². The molecule has 25 heavy (non-hydrogen) atoms. The summed E-state index contributed by atoms with van der Waals surface area (Å²) >= 11 is 6.94. The number of amides is 2. The van der Waals surface area contributed by atoms with E-state index in [4.69, 9.17) is 5.73 Å². The average Bonchev–Trinajstić information content (AvgIpc) is 2.97. The summed E-state index contributed by atoms with van der Waals surface area (Å²) in [5.41, 5.74) is 9.25. The molecule has 5 nitrogen and oxygen atoms in total. The molecule has 1 atom stereocenters. The van der Waals surface area contributed by atoms with E-state index in [9.17, 15) is 9.59 Å². The number of benzene rings is 1. The number of rotatable bonds is 6. The molecule has 1 aliphatic rings. The Hall–Kier alpha value is -1.34. The van der Waals surface area contributed by atoms with E-state index in [1.54, 1.807) is 6.07 Å². The molecule has 7 heteroatoms. The van der Waals surface area contributed by atoms with Crippen LogP contribution in [-0.4, -0.2) is 28.7 Å². The van der Waals surface area contributed by atoms with Crippen LogP contribution < -0.4 is 11.1 Å². The van der Waals surface area contributed by atoms with E-state index in [1.165, 1.54) is 5.56 Å². The van der Waals surface area contributed by atoms with Gasteiger partial charge in [-0.3, -0.25) is 9.59 Å². The number of carbonyl (C=O) groups is 2. The van der Waals surface area contributed by atoms with Crippen molar-refractivity contribution in [3.05, 3.63) is 33.4 Å². The number of aromatic nitrogens is 1. The van der Waals surface area contributed by atoms with Crippen molar-refractivity contribution >= 4 is 54.6 Å². The molecule has 1 unspecified atom stereocenters. The number of aryl methyl sites for hydroxylation is 1. The van der Waals surface area contributed by atoms with Gasteiger partial charge in [-0.15, -0.1) is 0 Å².